The zero-order valence-corrected chi connectivity index (χ0v) is 10.2. The van der Waals surface area contributed by atoms with E-state index < -0.39 is 5.91 Å². The van der Waals surface area contributed by atoms with E-state index in [9.17, 15) is 9.59 Å². The zero-order chi connectivity index (χ0) is 13.0. The summed E-state index contributed by atoms with van der Waals surface area (Å²) in [7, 11) is 0. The van der Waals surface area contributed by atoms with Crippen molar-refractivity contribution in [3.63, 3.8) is 0 Å². The van der Waals surface area contributed by atoms with Crippen molar-refractivity contribution in [1.82, 2.24) is 15.2 Å². The van der Waals surface area contributed by atoms with E-state index in [1.807, 2.05) is 4.90 Å². The number of nitrogens with two attached hydrogens (primary N) is 1. The predicted octanol–water partition coefficient (Wildman–Crippen LogP) is -0.306. The van der Waals surface area contributed by atoms with Crippen LogP contribution < -0.4 is 11.1 Å². The molecule has 1 aromatic heterocycles. The maximum Gasteiger partial charge on any atom is 0.274 e. The molecule has 98 valence electrons. The highest BCUT2D eigenvalue weighted by atomic mass is 16.2. The van der Waals surface area contributed by atoms with E-state index in [4.69, 9.17) is 5.73 Å². The molecule has 1 aliphatic rings. The van der Waals surface area contributed by atoms with Gasteiger partial charge in [-0.2, -0.15) is 0 Å². The smallest absolute Gasteiger partial charge is 0.274 e. The van der Waals surface area contributed by atoms with Crippen LogP contribution in [0, 0.1) is 0 Å². The van der Waals surface area contributed by atoms with E-state index in [-0.39, 0.29) is 18.5 Å². The lowest BCUT2D eigenvalue weighted by Gasteiger charge is -2.29. The maximum atomic E-state index is 11.7. The summed E-state index contributed by atoms with van der Waals surface area (Å²) in [5, 5.41) is 2.36. The summed E-state index contributed by atoms with van der Waals surface area (Å²) in [6.45, 7) is 1.87. The SMILES string of the molecule is NC1CCN(CC(=O)NC(=O)c2ccc[nH]2)CC1. The quantitative estimate of drug-likeness (QED) is 0.686. The summed E-state index contributed by atoms with van der Waals surface area (Å²) in [6.07, 6.45) is 3.45. The zero-order valence-electron chi connectivity index (χ0n) is 10.2. The lowest BCUT2D eigenvalue weighted by molar-refractivity contribution is -0.121. The first kappa shape index (κ1) is 12.8. The summed E-state index contributed by atoms with van der Waals surface area (Å²) < 4.78 is 0. The first-order valence-electron chi connectivity index (χ1n) is 6.10. The monoisotopic (exact) mass is 250 g/mol. The lowest BCUT2D eigenvalue weighted by atomic mass is 10.1. The van der Waals surface area contributed by atoms with Crippen LogP contribution >= 0.6 is 0 Å². The minimum Gasteiger partial charge on any atom is -0.357 e. The molecule has 0 aromatic carbocycles. The van der Waals surface area contributed by atoms with Crippen LogP contribution in [-0.4, -0.2) is 47.4 Å². The van der Waals surface area contributed by atoms with Gasteiger partial charge in [0.15, 0.2) is 0 Å². The number of piperidine rings is 1. The summed E-state index contributed by atoms with van der Waals surface area (Å²) in [4.78, 5) is 28.1. The molecule has 0 radical (unpaired) electrons. The standard InChI is InChI=1S/C12H18N4O2/c13-9-3-6-16(7-4-9)8-11(17)15-12(18)10-2-1-5-14-10/h1-2,5,9,14H,3-4,6-8,13H2,(H,15,17,18). The number of hydrogen-bond acceptors (Lipinski definition) is 4. The van der Waals surface area contributed by atoms with Gasteiger partial charge in [0.1, 0.15) is 5.69 Å². The Labute approximate surface area is 106 Å². The third-order valence-electron chi connectivity index (χ3n) is 3.09. The van der Waals surface area contributed by atoms with E-state index in [1.165, 1.54) is 0 Å². The molecule has 2 heterocycles. The number of amides is 2. The Morgan fingerprint density at radius 1 is 1.44 bits per heavy atom. The molecule has 0 aliphatic carbocycles. The van der Waals surface area contributed by atoms with Gasteiger partial charge in [-0.15, -0.1) is 0 Å². The Bertz CT molecular complexity index is 408. The number of nitrogens with zero attached hydrogens (tertiary/aromatic N) is 1. The predicted molar refractivity (Wildman–Crippen MR) is 66.9 cm³/mol. The molecular weight excluding hydrogens is 232 g/mol. The van der Waals surface area contributed by atoms with E-state index in [0.29, 0.717) is 5.69 Å². The van der Waals surface area contributed by atoms with Gasteiger partial charge < -0.3 is 10.7 Å². The maximum absolute atomic E-state index is 11.7. The highest BCUT2D eigenvalue weighted by molar-refractivity contribution is 6.04. The fourth-order valence-electron chi connectivity index (χ4n) is 2.02. The normalized spacial score (nSPS) is 17.6. The van der Waals surface area contributed by atoms with Crippen molar-refractivity contribution in [3.05, 3.63) is 24.0 Å². The number of nitrogens with one attached hydrogen (secondary N) is 2. The molecule has 18 heavy (non-hydrogen) atoms. The minimum absolute atomic E-state index is 0.241. The van der Waals surface area contributed by atoms with Crippen LogP contribution in [0.1, 0.15) is 23.3 Å². The van der Waals surface area contributed by atoms with Crippen molar-refractivity contribution in [3.8, 4) is 0 Å². The number of H-pyrrole nitrogens is 1. The molecule has 1 aliphatic heterocycles. The van der Waals surface area contributed by atoms with E-state index in [2.05, 4.69) is 10.3 Å². The van der Waals surface area contributed by atoms with Crippen LogP contribution in [-0.2, 0) is 4.79 Å². The van der Waals surface area contributed by atoms with Gasteiger partial charge in [0.05, 0.1) is 6.54 Å². The third kappa shape index (κ3) is 3.41. The number of imide groups is 1. The van der Waals surface area contributed by atoms with Crippen LogP contribution in [0.2, 0.25) is 0 Å². The van der Waals surface area contributed by atoms with Crippen molar-refractivity contribution >= 4 is 11.8 Å². The van der Waals surface area contributed by atoms with Gasteiger partial charge in [0.25, 0.3) is 5.91 Å². The average Bonchev–Trinajstić information content (AvgIpc) is 2.85. The number of carbonyl (C=O) groups is 2. The largest absolute Gasteiger partial charge is 0.357 e. The van der Waals surface area contributed by atoms with Gasteiger partial charge in [-0.3, -0.25) is 19.8 Å². The minimum atomic E-state index is -0.390. The summed E-state index contributed by atoms with van der Waals surface area (Å²) in [5.74, 6) is -0.663. The highest BCUT2D eigenvalue weighted by Gasteiger charge is 2.19. The molecule has 1 aromatic rings. The second kappa shape index (κ2) is 5.79. The number of rotatable bonds is 3. The van der Waals surface area contributed by atoms with Gasteiger partial charge in [-0.1, -0.05) is 0 Å². The Kier molecular flexibility index (Phi) is 4.11. The number of hydrogen-bond donors (Lipinski definition) is 3. The topological polar surface area (TPSA) is 91.2 Å². The van der Waals surface area contributed by atoms with Crippen molar-refractivity contribution in [1.29, 1.82) is 0 Å². The molecule has 1 saturated heterocycles. The fourth-order valence-corrected chi connectivity index (χ4v) is 2.02. The Morgan fingerprint density at radius 3 is 2.78 bits per heavy atom. The Hall–Kier alpha value is -1.66. The second-order valence-corrected chi connectivity index (χ2v) is 4.57. The Balaban J connectivity index is 1.77. The van der Waals surface area contributed by atoms with Gasteiger partial charge in [0.2, 0.25) is 5.91 Å². The molecule has 4 N–H and O–H groups in total. The Morgan fingerprint density at radius 2 is 2.17 bits per heavy atom. The molecule has 0 atom stereocenters. The van der Waals surface area contributed by atoms with Crippen molar-refractivity contribution < 1.29 is 9.59 Å². The van der Waals surface area contributed by atoms with E-state index in [1.54, 1.807) is 18.3 Å². The van der Waals surface area contributed by atoms with Gasteiger partial charge in [0, 0.05) is 25.3 Å². The molecule has 2 amide bonds. The second-order valence-electron chi connectivity index (χ2n) is 4.57. The first-order chi connectivity index (χ1) is 8.65. The summed E-state index contributed by atoms with van der Waals surface area (Å²) in [6, 6.07) is 3.58. The molecule has 1 fully saturated rings. The fraction of sp³-hybridized carbons (Fsp3) is 0.500. The molecule has 6 nitrogen and oxygen atoms in total. The summed E-state index contributed by atoms with van der Waals surface area (Å²) in [5.41, 5.74) is 6.18. The van der Waals surface area contributed by atoms with Gasteiger partial charge in [-0.05, 0) is 25.0 Å². The molecule has 0 saturated carbocycles. The number of carbonyl (C=O) groups excluding carboxylic acids is 2. The van der Waals surface area contributed by atoms with Gasteiger partial charge >= 0.3 is 0 Å². The van der Waals surface area contributed by atoms with Crippen LogP contribution in [0.15, 0.2) is 18.3 Å². The highest BCUT2D eigenvalue weighted by Crippen LogP contribution is 2.07. The van der Waals surface area contributed by atoms with Crippen molar-refractivity contribution in [2.24, 2.45) is 5.73 Å². The van der Waals surface area contributed by atoms with Crippen LogP contribution in [0.4, 0.5) is 0 Å². The average molecular weight is 250 g/mol. The number of aromatic nitrogens is 1. The lowest BCUT2D eigenvalue weighted by Crippen LogP contribution is -2.45. The summed E-state index contributed by atoms with van der Waals surface area (Å²) >= 11 is 0. The molecule has 0 bridgehead atoms. The first-order valence-corrected chi connectivity index (χ1v) is 6.10. The van der Waals surface area contributed by atoms with Crippen LogP contribution in [0.25, 0.3) is 0 Å². The molecule has 0 unspecified atom stereocenters. The third-order valence-corrected chi connectivity index (χ3v) is 3.09. The van der Waals surface area contributed by atoms with Crippen molar-refractivity contribution in [2.45, 2.75) is 18.9 Å². The van der Waals surface area contributed by atoms with Crippen LogP contribution in [0.3, 0.4) is 0 Å². The number of likely N-dealkylation sites (tertiary alicyclic amines) is 1. The molecule has 0 spiro atoms. The number of aromatic amines is 1. The van der Waals surface area contributed by atoms with E-state index in [0.717, 1.165) is 25.9 Å². The van der Waals surface area contributed by atoms with Crippen molar-refractivity contribution in [2.75, 3.05) is 19.6 Å². The molecule has 6 heteroatoms. The van der Waals surface area contributed by atoms with Crippen LogP contribution in [0.5, 0.6) is 0 Å². The molecular formula is C12H18N4O2. The van der Waals surface area contributed by atoms with E-state index >= 15 is 0 Å². The molecule has 2 rings (SSSR count). The van der Waals surface area contributed by atoms with Gasteiger partial charge in [-0.25, -0.2) is 0 Å².